The molecule has 9 heteroatoms. The van der Waals surface area contributed by atoms with E-state index in [1.54, 1.807) is 12.1 Å². The van der Waals surface area contributed by atoms with Crippen molar-refractivity contribution in [2.75, 3.05) is 50.1 Å². The number of anilines is 2. The monoisotopic (exact) mass is 417 g/mol. The first kappa shape index (κ1) is 21.3. The molecular weight excluding hydrogens is 390 g/mol. The van der Waals surface area contributed by atoms with Crippen LogP contribution in [0.15, 0.2) is 24.3 Å². The van der Waals surface area contributed by atoms with Crippen molar-refractivity contribution in [3.63, 3.8) is 0 Å². The van der Waals surface area contributed by atoms with E-state index in [0.29, 0.717) is 43.1 Å². The van der Waals surface area contributed by atoms with Gasteiger partial charge in [-0.05, 0) is 17.7 Å². The van der Waals surface area contributed by atoms with E-state index in [1.807, 2.05) is 31.1 Å². The number of carbonyl (C=O) groups is 1. The van der Waals surface area contributed by atoms with Crippen molar-refractivity contribution in [3.8, 4) is 0 Å². The maximum Gasteiger partial charge on any atom is 0.239 e. The fourth-order valence-electron chi connectivity index (χ4n) is 3.35. The van der Waals surface area contributed by atoms with Crippen molar-refractivity contribution in [1.82, 2.24) is 19.9 Å². The zero-order valence-corrected chi connectivity index (χ0v) is 18.1. The molecule has 2 N–H and O–H groups in total. The normalized spacial score (nSPS) is 16.1. The molecule has 8 nitrogen and oxygen atoms in total. The molecule has 156 valence electrons. The van der Waals surface area contributed by atoms with Gasteiger partial charge in [-0.1, -0.05) is 37.6 Å². The molecule has 3 rings (SSSR count). The van der Waals surface area contributed by atoms with Gasteiger partial charge in [0.25, 0.3) is 0 Å². The van der Waals surface area contributed by atoms with E-state index >= 15 is 0 Å². The van der Waals surface area contributed by atoms with E-state index in [2.05, 4.69) is 38.6 Å². The molecular formula is C20H28ClN7O. The molecule has 1 saturated heterocycles. The molecule has 0 radical (unpaired) electrons. The van der Waals surface area contributed by atoms with Gasteiger partial charge in [0, 0.05) is 51.2 Å². The van der Waals surface area contributed by atoms with Gasteiger partial charge >= 0.3 is 0 Å². The molecule has 1 amide bonds. The third-order valence-electron chi connectivity index (χ3n) is 4.96. The topological polar surface area (TPSA) is 91.5 Å². The first-order valence-electron chi connectivity index (χ1n) is 9.73. The fraction of sp³-hybridized carbons (Fsp3) is 0.500. The van der Waals surface area contributed by atoms with Crippen LogP contribution in [0.4, 0.5) is 11.9 Å². The maximum absolute atomic E-state index is 12.2. The lowest BCUT2D eigenvalue weighted by Crippen LogP contribution is -2.51. The van der Waals surface area contributed by atoms with Gasteiger partial charge in [0.1, 0.15) is 11.9 Å². The fourth-order valence-corrected chi connectivity index (χ4v) is 3.48. The van der Waals surface area contributed by atoms with Crippen LogP contribution >= 0.6 is 11.6 Å². The Morgan fingerprint density at radius 1 is 1.07 bits per heavy atom. The lowest BCUT2D eigenvalue weighted by Gasteiger charge is -2.38. The summed E-state index contributed by atoms with van der Waals surface area (Å²) in [6, 6.07) is 6.80. The number of hydrogen-bond donors (Lipinski definition) is 1. The number of halogens is 1. The smallest absolute Gasteiger partial charge is 0.239 e. The lowest BCUT2D eigenvalue weighted by molar-refractivity contribution is -0.123. The number of benzene rings is 1. The molecule has 29 heavy (non-hydrogen) atoms. The summed E-state index contributed by atoms with van der Waals surface area (Å²) in [5.74, 6) is 1.95. The van der Waals surface area contributed by atoms with Gasteiger partial charge in [0.15, 0.2) is 0 Å². The van der Waals surface area contributed by atoms with Gasteiger partial charge in [0.2, 0.25) is 17.8 Å². The van der Waals surface area contributed by atoms with Crippen molar-refractivity contribution >= 4 is 29.4 Å². The summed E-state index contributed by atoms with van der Waals surface area (Å²) >= 11 is 5.98. The van der Waals surface area contributed by atoms with Crippen molar-refractivity contribution in [3.05, 3.63) is 40.7 Å². The minimum atomic E-state index is -0.476. The minimum absolute atomic E-state index is 0.209. The Bertz CT molecular complexity index is 822. The summed E-state index contributed by atoms with van der Waals surface area (Å²) in [6.45, 7) is 6.89. The second kappa shape index (κ2) is 8.92. The summed E-state index contributed by atoms with van der Waals surface area (Å²) in [6.07, 6.45) is 0. The molecule has 0 spiro atoms. The number of nitrogens with zero attached hydrogens (tertiary/aromatic N) is 6. The highest BCUT2D eigenvalue weighted by Crippen LogP contribution is 2.25. The van der Waals surface area contributed by atoms with Crippen molar-refractivity contribution in [2.24, 2.45) is 5.73 Å². The molecule has 0 bridgehead atoms. The van der Waals surface area contributed by atoms with Gasteiger partial charge in [-0.15, -0.1) is 0 Å². The zero-order chi connectivity index (χ0) is 21.1. The van der Waals surface area contributed by atoms with Crippen LogP contribution < -0.4 is 15.5 Å². The zero-order valence-electron chi connectivity index (χ0n) is 17.3. The number of primary amides is 1. The predicted octanol–water partition coefficient (Wildman–Crippen LogP) is 2.06. The summed E-state index contributed by atoms with van der Waals surface area (Å²) in [5, 5.41) is 0.634. The Morgan fingerprint density at radius 3 is 2.21 bits per heavy atom. The molecule has 1 aromatic carbocycles. The van der Waals surface area contributed by atoms with E-state index in [9.17, 15) is 4.79 Å². The molecule has 0 aliphatic carbocycles. The highest BCUT2D eigenvalue weighted by Gasteiger charge is 2.30. The molecule has 1 aliphatic heterocycles. The number of nitrogens with two attached hydrogens (primary N) is 1. The van der Waals surface area contributed by atoms with Crippen LogP contribution in [0.3, 0.4) is 0 Å². The Labute approximate surface area is 176 Å². The van der Waals surface area contributed by atoms with Crippen molar-refractivity contribution < 1.29 is 4.79 Å². The van der Waals surface area contributed by atoms with E-state index in [1.165, 1.54) is 0 Å². The van der Waals surface area contributed by atoms with Crippen LogP contribution in [0.5, 0.6) is 0 Å². The van der Waals surface area contributed by atoms with Crippen LogP contribution in [-0.2, 0) is 4.79 Å². The molecule has 1 unspecified atom stereocenters. The second-order valence-corrected chi connectivity index (χ2v) is 8.16. The van der Waals surface area contributed by atoms with Crippen molar-refractivity contribution in [1.29, 1.82) is 0 Å². The van der Waals surface area contributed by atoms with Crippen LogP contribution in [-0.4, -0.2) is 66.0 Å². The Balaban J connectivity index is 1.77. The van der Waals surface area contributed by atoms with Gasteiger partial charge in [0.05, 0.1) is 0 Å². The lowest BCUT2D eigenvalue weighted by atomic mass is 10.0. The van der Waals surface area contributed by atoms with Gasteiger partial charge < -0.3 is 15.5 Å². The minimum Gasteiger partial charge on any atom is -0.368 e. The standard InChI is InChI=1S/C20H28ClN7O/c1-13(2)18-23-19(26(3)4)25-20(24-18)28-11-9-27(10-12-28)16(17(22)29)14-5-7-15(21)8-6-14/h5-8,13,16H,9-12H2,1-4H3,(H2,22,29). The van der Waals surface area contributed by atoms with E-state index in [-0.39, 0.29) is 11.8 Å². The number of carbonyl (C=O) groups excluding carboxylic acids is 1. The molecule has 1 aromatic heterocycles. The Kier molecular flexibility index (Phi) is 6.54. The number of rotatable bonds is 6. The highest BCUT2D eigenvalue weighted by atomic mass is 35.5. The largest absolute Gasteiger partial charge is 0.368 e. The summed E-state index contributed by atoms with van der Waals surface area (Å²) in [4.78, 5) is 32.1. The first-order chi connectivity index (χ1) is 13.8. The molecule has 1 aliphatic rings. The maximum atomic E-state index is 12.2. The number of aromatic nitrogens is 3. The SMILES string of the molecule is CC(C)c1nc(N(C)C)nc(N2CCN(C(C(N)=O)c3ccc(Cl)cc3)CC2)n1. The Morgan fingerprint density at radius 2 is 1.69 bits per heavy atom. The predicted molar refractivity (Wildman–Crippen MR) is 115 cm³/mol. The Hall–Kier alpha value is -2.45. The highest BCUT2D eigenvalue weighted by molar-refractivity contribution is 6.30. The van der Waals surface area contributed by atoms with Gasteiger partial charge in [-0.2, -0.15) is 15.0 Å². The molecule has 2 aromatic rings. The summed E-state index contributed by atoms with van der Waals surface area (Å²) in [7, 11) is 3.84. The number of piperazine rings is 1. The quantitative estimate of drug-likeness (QED) is 0.769. The summed E-state index contributed by atoms with van der Waals surface area (Å²) < 4.78 is 0. The second-order valence-electron chi connectivity index (χ2n) is 7.72. The number of hydrogen-bond acceptors (Lipinski definition) is 7. The van der Waals surface area contributed by atoms with Crippen molar-refractivity contribution in [2.45, 2.75) is 25.8 Å². The van der Waals surface area contributed by atoms with E-state index in [4.69, 9.17) is 17.3 Å². The van der Waals surface area contributed by atoms with Crippen LogP contribution in [0.1, 0.15) is 37.2 Å². The van der Waals surface area contributed by atoms with Crippen LogP contribution in [0.2, 0.25) is 5.02 Å². The van der Waals surface area contributed by atoms with Crippen LogP contribution in [0.25, 0.3) is 0 Å². The molecule has 2 heterocycles. The molecule has 1 atom stereocenters. The van der Waals surface area contributed by atoms with Gasteiger partial charge in [-0.3, -0.25) is 9.69 Å². The van der Waals surface area contributed by atoms with Gasteiger partial charge in [-0.25, -0.2) is 0 Å². The van der Waals surface area contributed by atoms with Crippen LogP contribution in [0, 0.1) is 0 Å². The first-order valence-corrected chi connectivity index (χ1v) is 10.1. The summed E-state index contributed by atoms with van der Waals surface area (Å²) in [5.41, 5.74) is 6.58. The molecule has 1 fully saturated rings. The van der Waals surface area contributed by atoms with E-state index in [0.717, 1.165) is 11.4 Å². The molecule has 0 saturated carbocycles. The third kappa shape index (κ3) is 4.94. The number of amides is 1. The van der Waals surface area contributed by atoms with E-state index < -0.39 is 6.04 Å². The third-order valence-corrected chi connectivity index (χ3v) is 5.21. The average molecular weight is 418 g/mol. The average Bonchev–Trinajstić information content (AvgIpc) is 2.69.